The first-order valence-corrected chi connectivity index (χ1v) is 6.56. The van der Waals surface area contributed by atoms with E-state index < -0.39 is 5.97 Å². The quantitative estimate of drug-likeness (QED) is 0.738. The minimum atomic E-state index is -1.03. The highest BCUT2D eigenvalue weighted by Gasteiger charge is 2.12. The highest BCUT2D eigenvalue weighted by Crippen LogP contribution is 2.30. The summed E-state index contributed by atoms with van der Waals surface area (Å²) in [7, 11) is 0. The summed E-state index contributed by atoms with van der Waals surface area (Å²) in [5.41, 5.74) is 1.33. The van der Waals surface area contributed by atoms with E-state index in [0.29, 0.717) is 26.8 Å². The Morgan fingerprint density at radius 3 is 2.70 bits per heavy atom. The highest BCUT2D eigenvalue weighted by molar-refractivity contribution is 9.10. The zero-order valence-electron chi connectivity index (χ0n) is 10.1. The molecule has 0 bridgehead atoms. The number of carboxylic acid groups (broad SMARTS) is 1. The molecular formula is C15H8BrFO3. The number of fused-ring (bicyclic) bond motifs is 1. The molecule has 3 aromatic rings. The number of halogens is 2. The van der Waals surface area contributed by atoms with Gasteiger partial charge in [0.05, 0.1) is 5.56 Å². The van der Waals surface area contributed by atoms with Gasteiger partial charge in [-0.3, -0.25) is 0 Å². The van der Waals surface area contributed by atoms with Crippen molar-refractivity contribution in [2.45, 2.75) is 0 Å². The lowest BCUT2D eigenvalue weighted by molar-refractivity contribution is 0.0696. The minimum Gasteiger partial charge on any atom is -0.478 e. The summed E-state index contributed by atoms with van der Waals surface area (Å²) in [5, 5.41) is 9.74. The van der Waals surface area contributed by atoms with Gasteiger partial charge in [-0.25, -0.2) is 9.18 Å². The maximum absolute atomic E-state index is 13.1. The topological polar surface area (TPSA) is 50.4 Å². The van der Waals surface area contributed by atoms with Gasteiger partial charge in [-0.2, -0.15) is 0 Å². The molecule has 0 radical (unpaired) electrons. The standard InChI is InChI=1S/C15H8BrFO3/c16-12-3-1-8(6-11(12)15(18)19)14-7-9-5-10(17)2-4-13(9)20-14/h1-7H,(H,18,19). The third-order valence-corrected chi connectivity index (χ3v) is 3.65. The van der Waals surface area contributed by atoms with Crippen LogP contribution in [-0.2, 0) is 0 Å². The number of hydrogen-bond acceptors (Lipinski definition) is 2. The number of furan rings is 1. The fourth-order valence-electron chi connectivity index (χ4n) is 2.00. The number of rotatable bonds is 2. The van der Waals surface area contributed by atoms with Gasteiger partial charge in [0.1, 0.15) is 17.2 Å². The average Bonchev–Trinajstić information content (AvgIpc) is 2.81. The van der Waals surface area contributed by atoms with Crippen molar-refractivity contribution in [1.82, 2.24) is 0 Å². The van der Waals surface area contributed by atoms with Crippen LogP contribution in [0.15, 0.2) is 51.4 Å². The van der Waals surface area contributed by atoms with Gasteiger partial charge in [-0.1, -0.05) is 6.07 Å². The fourth-order valence-corrected chi connectivity index (χ4v) is 2.42. The Hall–Kier alpha value is -2.14. The van der Waals surface area contributed by atoms with Gasteiger partial charge in [0.15, 0.2) is 0 Å². The Balaban J connectivity index is 2.15. The Bertz CT molecular complexity index is 823. The third kappa shape index (κ3) is 2.20. The van der Waals surface area contributed by atoms with Gasteiger partial charge in [0.2, 0.25) is 0 Å². The third-order valence-electron chi connectivity index (χ3n) is 2.96. The normalized spacial score (nSPS) is 10.9. The molecule has 1 aromatic heterocycles. The first-order valence-electron chi connectivity index (χ1n) is 5.77. The lowest BCUT2D eigenvalue weighted by Crippen LogP contribution is -1.97. The molecule has 1 N–H and O–H groups in total. The summed E-state index contributed by atoms with van der Waals surface area (Å²) >= 11 is 3.19. The van der Waals surface area contributed by atoms with Gasteiger partial charge in [0.25, 0.3) is 0 Å². The molecule has 0 amide bonds. The molecule has 3 rings (SSSR count). The number of benzene rings is 2. The molecule has 0 spiro atoms. The zero-order valence-corrected chi connectivity index (χ0v) is 11.6. The molecular weight excluding hydrogens is 327 g/mol. The molecule has 2 aromatic carbocycles. The Labute approximate surface area is 121 Å². The lowest BCUT2D eigenvalue weighted by Gasteiger charge is -2.01. The predicted octanol–water partition coefficient (Wildman–Crippen LogP) is 4.70. The maximum atomic E-state index is 13.1. The molecule has 5 heteroatoms. The van der Waals surface area contributed by atoms with Crippen LogP contribution in [0, 0.1) is 5.82 Å². The number of carbonyl (C=O) groups is 1. The minimum absolute atomic E-state index is 0.147. The molecule has 3 nitrogen and oxygen atoms in total. The largest absolute Gasteiger partial charge is 0.478 e. The van der Waals surface area contributed by atoms with Crippen molar-refractivity contribution >= 4 is 32.9 Å². The number of aromatic carboxylic acids is 1. The smallest absolute Gasteiger partial charge is 0.336 e. The highest BCUT2D eigenvalue weighted by atomic mass is 79.9. The van der Waals surface area contributed by atoms with Crippen LogP contribution in [-0.4, -0.2) is 11.1 Å². The molecule has 20 heavy (non-hydrogen) atoms. The van der Waals surface area contributed by atoms with E-state index in [0.717, 1.165) is 0 Å². The molecule has 0 saturated carbocycles. The number of hydrogen-bond donors (Lipinski definition) is 1. The molecule has 0 saturated heterocycles. The Kier molecular flexibility index (Phi) is 3.06. The molecule has 0 fully saturated rings. The van der Waals surface area contributed by atoms with Crippen molar-refractivity contribution in [1.29, 1.82) is 0 Å². The Morgan fingerprint density at radius 2 is 1.95 bits per heavy atom. The van der Waals surface area contributed by atoms with Crippen LogP contribution in [0.1, 0.15) is 10.4 Å². The van der Waals surface area contributed by atoms with E-state index in [9.17, 15) is 9.18 Å². The van der Waals surface area contributed by atoms with Crippen LogP contribution in [0.2, 0.25) is 0 Å². The van der Waals surface area contributed by atoms with Gasteiger partial charge in [-0.05, 0) is 52.3 Å². The summed E-state index contributed by atoms with van der Waals surface area (Å²) in [6.07, 6.45) is 0. The maximum Gasteiger partial charge on any atom is 0.336 e. The van der Waals surface area contributed by atoms with Gasteiger partial charge in [0, 0.05) is 15.4 Å². The van der Waals surface area contributed by atoms with Crippen molar-refractivity contribution in [2.75, 3.05) is 0 Å². The van der Waals surface area contributed by atoms with Crippen LogP contribution < -0.4 is 0 Å². The van der Waals surface area contributed by atoms with Gasteiger partial charge < -0.3 is 9.52 Å². The molecule has 1 heterocycles. The van der Waals surface area contributed by atoms with Crippen LogP contribution >= 0.6 is 15.9 Å². The number of carboxylic acids is 1. The van der Waals surface area contributed by atoms with E-state index in [-0.39, 0.29) is 11.4 Å². The first kappa shape index (κ1) is 12.9. The van der Waals surface area contributed by atoms with E-state index in [4.69, 9.17) is 9.52 Å². The second-order valence-corrected chi connectivity index (χ2v) is 5.15. The average molecular weight is 335 g/mol. The SMILES string of the molecule is O=C(O)c1cc(-c2cc3cc(F)ccc3o2)ccc1Br. The predicted molar refractivity (Wildman–Crippen MR) is 76.3 cm³/mol. The van der Waals surface area contributed by atoms with Crippen LogP contribution in [0.4, 0.5) is 4.39 Å². The van der Waals surface area contributed by atoms with E-state index in [1.807, 2.05) is 0 Å². The van der Waals surface area contributed by atoms with E-state index in [1.165, 1.54) is 18.2 Å². The second-order valence-electron chi connectivity index (χ2n) is 4.29. The summed E-state index contributed by atoms with van der Waals surface area (Å²) in [4.78, 5) is 11.1. The van der Waals surface area contributed by atoms with Gasteiger partial charge in [-0.15, -0.1) is 0 Å². The molecule has 0 unspecified atom stereocenters. The molecule has 0 aliphatic carbocycles. The van der Waals surface area contributed by atoms with Crippen LogP contribution in [0.25, 0.3) is 22.3 Å². The van der Waals surface area contributed by atoms with Crippen LogP contribution in [0.5, 0.6) is 0 Å². The second kappa shape index (κ2) is 4.76. The summed E-state index contributed by atoms with van der Waals surface area (Å²) in [6.45, 7) is 0. The first-order chi connectivity index (χ1) is 9.54. The summed E-state index contributed by atoms with van der Waals surface area (Å²) in [6, 6.07) is 10.8. The summed E-state index contributed by atoms with van der Waals surface area (Å²) in [5.74, 6) is -0.867. The molecule has 0 aliphatic rings. The molecule has 0 aliphatic heterocycles. The lowest BCUT2D eigenvalue weighted by atomic mass is 10.1. The summed E-state index contributed by atoms with van der Waals surface area (Å²) < 4.78 is 19.3. The Morgan fingerprint density at radius 1 is 1.15 bits per heavy atom. The molecule has 0 atom stereocenters. The van der Waals surface area contributed by atoms with Gasteiger partial charge >= 0.3 is 5.97 Å². The van der Waals surface area contributed by atoms with Crippen molar-refractivity contribution < 1.29 is 18.7 Å². The van der Waals surface area contributed by atoms with E-state index in [1.54, 1.807) is 24.3 Å². The monoisotopic (exact) mass is 334 g/mol. The zero-order chi connectivity index (χ0) is 14.3. The fraction of sp³-hybridized carbons (Fsp3) is 0. The van der Waals surface area contributed by atoms with E-state index in [2.05, 4.69) is 15.9 Å². The van der Waals surface area contributed by atoms with Crippen LogP contribution in [0.3, 0.4) is 0 Å². The molecule has 100 valence electrons. The van der Waals surface area contributed by atoms with Crippen molar-refractivity contribution in [3.8, 4) is 11.3 Å². The van der Waals surface area contributed by atoms with Crippen molar-refractivity contribution in [3.05, 3.63) is 58.3 Å². The van der Waals surface area contributed by atoms with Crippen molar-refractivity contribution in [2.24, 2.45) is 0 Å². The van der Waals surface area contributed by atoms with E-state index >= 15 is 0 Å². The van der Waals surface area contributed by atoms with Crippen molar-refractivity contribution in [3.63, 3.8) is 0 Å².